The van der Waals surface area contributed by atoms with Gasteiger partial charge in [0.1, 0.15) is 6.04 Å². The van der Waals surface area contributed by atoms with E-state index >= 15 is 0 Å². The van der Waals surface area contributed by atoms with Crippen LogP contribution in [-0.4, -0.2) is 17.9 Å². The number of anilines is 1. The molecule has 1 aromatic heterocycles. The molecule has 140 valence electrons. The molecule has 0 spiro atoms. The molecule has 1 heterocycles. The van der Waals surface area contributed by atoms with Gasteiger partial charge in [-0.3, -0.25) is 9.69 Å². The van der Waals surface area contributed by atoms with Crippen molar-refractivity contribution < 1.29 is 4.79 Å². The van der Waals surface area contributed by atoms with Crippen LogP contribution in [0.15, 0.2) is 60.0 Å². The Hall–Kier alpha value is -2.43. The van der Waals surface area contributed by atoms with Crippen molar-refractivity contribution in [2.75, 3.05) is 12.4 Å². The van der Waals surface area contributed by atoms with Gasteiger partial charge < -0.3 is 5.32 Å². The minimum atomic E-state index is -0.354. The molecule has 0 aliphatic carbocycles. The van der Waals surface area contributed by atoms with Gasteiger partial charge in [-0.05, 0) is 67.6 Å². The molecule has 0 fully saturated rings. The van der Waals surface area contributed by atoms with Gasteiger partial charge in [-0.15, -0.1) is 11.3 Å². The number of carbonyl (C=O) groups excluding carboxylic acids is 1. The Morgan fingerprint density at radius 1 is 1.04 bits per heavy atom. The van der Waals surface area contributed by atoms with E-state index in [1.54, 1.807) is 11.3 Å². The highest BCUT2D eigenvalue weighted by molar-refractivity contribution is 7.10. The summed E-state index contributed by atoms with van der Waals surface area (Å²) in [5, 5.41) is 5.25. The number of aryl methyl sites for hydroxylation is 3. The van der Waals surface area contributed by atoms with Crippen molar-refractivity contribution in [1.29, 1.82) is 0 Å². The maximum Gasteiger partial charge on any atom is 0.246 e. The summed E-state index contributed by atoms with van der Waals surface area (Å²) in [4.78, 5) is 16.7. The van der Waals surface area contributed by atoms with Gasteiger partial charge in [0, 0.05) is 17.1 Å². The second kappa shape index (κ2) is 8.51. The van der Waals surface area contributed by atoms with E-state index in [9.17, 15) is 4.79 Å². The lowest BCUT2D eigenvalue weighted by molar-refractivity contribution is -0.121. The van der Waals surface area contributed by atoms with Gasteiger partial charge in [0.25, 0.3) is 0 Å². The van der Waals surface area contributed by atoms with Gasteiger partial charge in [0.05, 0.1) is 0 Å². The Balaban J connectivity index is 1.88. The first-order chi connectivity index (χ1) is 13.0. The molecule has 1 atom stereocenters. The number of benzene rings is 2. The van der Waals surface area contributed by atoms with Crippen LogP contribution in [-0.2, 0) is 11.3 Å². The molecule has 0 radical (unpaired) electrons. The molecular weight excluding hydrogens is 352 g/mol. The standard InChI is InChI=1S/C23H26N2OS/c1-16-10-11-17(2)20(14-16)24-23(26)22(19-8-6-5-7-9-19)25(4)15-21-18(3)12-13-27-21/h5-14,22H,15H2,1-4H3,(H,24,26)/t22-/m0/s1. The molecule has 2 aromatic carbocycles. The Kier molecular flexibility index (Phi) is 6.09. The van der Waals surface area contributed by atoms with Crippen LogP contribution in [0.25, 0.3) is 0 Å². The third-order valence-corrected chi connectivity index (χ3v) is 5.82. The van der Waals surface area contributed by atoms with Gasteiger partial charge in [-0.25, -0.2) is 0 Å². The Bertz CT molecular complexity index is 917. The van der Waals surface area contributed by atoms with Crippen LogP contribution >= 0.6 is 11.3 Å². The van der Waals surface area contributed by atoms with Crippen LogP contribution < -0.4 is 5.32 Å². The smallest absolute Gasteiger partial charge is 0.246 e. The number of amides is 1. The SMILES string of the molecule is Cc1ccc(C)c(NC(=O)[C@H](c2ccccc2)N(C)Cc2sccc2C)c1. The number of rotatable bonds is 6. The monoisotopic (exact) mass is 378 g/mol. The summed E-state index contributed by atoms with van der Waals surface area (Å²) in [5.74, 6) is -0.00777. The zero-order chi connectivity index (χ0) is 19.4. The quantitative estimate of drug-likeness (QED) is 0.615. The number of nitrogens with one attached hydrogen (secondary N) is 1. The lowest BCUT2D eigenvalue weighted by atomic mass is 10.0. The fraction of sp³-hybridized carbons (Fsp3) is 0.261. The number of hydrogen-bond acceptors (Lipinski definition) is 3. The average molecular weight is 379 g/mol. The van der Waals surface area contributed by atoms with Crippen LogP contribution in [0.2, 0.25) is 0 Å². The summed E-state index contributed by atoms with van der Waals surface area (Å²) < 4.78 is 0. The molecule has 4 heteroatoms. The van der Waals surface area contributed by atoms with Crippen molar-refractivity contribution in [2.45, 2.75) is 33.4 Å². The third kappa shape index (κ3) is 4.65. The maximum absolute atomic E-state index is 13.3. The van der Waals surface area contributed by atoms with Gasteiger partial charge in [0.15, 0.2) is 0 Å². The molecular formula is C23H26N2OS. The summed E-state index contributed by atoms with van der Waals surface area (Å²) in [6, 6.07) is 17.9. The molecule has 0 aliphatic heterocycles. The molecule has 3 aromatic rings. The summed E-state index contributed by atoms with van der Waals surface area (Å²) in [7, 11) is 2.01. The molecule has 3 nitrogen and oxygen atoms in total. The molecule has 0 saturated carbocycles. The topological polar surface area (TPSA) is 32.3 Å². The largest absolute Gasteiger partial charge is 0.324 e. The molecule has 1 amide bonds. The summed E-state index contributed by atoms with van der Waals surface area (Å²) in [6.07, 6.45) is 0. The van der Waals surface area contributed by atoms with Crippen LogP contribution in [0.1, 0.15) is 33.2 Å². The second-order valence-corrected chi connectivity index (χ2v) is 8.06. The first kappa shape index (κ1) is 19.3. The minimum absolute atomic E-state index is 0.00777. The van der Waals surface area contributed by atoms with Crippen molar-refractivity contribution >= 4 is 22.9 Å². The number of carbonyl (C=O) groups is 1. The Morgan fingerprint density at radius 3 is 2.44 bits per heavy atom. The third-order valence-electron chi connectivity index (χ3n) is 4.82. The lowest BCUT2D eigenvalue weighted by Gasteiger charge is -2.28. The average Bonchev–Trinajstić information content (AvgIpc) is 3.04. The minimum Gasteiger partial charge on any atom is -0.324 e. The normalized spacial score (nSPS) is 12.2. The Labute approximate surface area is 165 Å². The molecule has 0 saturated heterocycles. The van der Waals surface area contributed by atoms with E-state index in [1.165, 1.54) is 10.4 Å². The van der Waals surface area contributed by atoms with Crippen LogP contribution in [0.4, 0.5) is 5.69 Å². The molecule has 0 aliphatic rings. The first-order valence-electron chi connectivity index (χ1n) is 9.12. The van der Waals surface area contributed by atoms with Crippen molar-refractivity contribution in [3.8, 4) is 0 Å². The summed E-state index contributed by atoms with van der Waals surface area (Å²) in [5.41, 5.74) is 5.35. The van der Waals surface area contributed by atoms with Crippen molar-refractivity contribution in [3.05, 3.63) is 87.1 Å². The first-order valence-corrected chi connectivity index (χ1v) is 10.00. The molecule has 1 N–H and O–H groups in total. The van der Waals surface area contributed by atoms with Crippen molar-refractivity contribution in [3.63, 3.8) is 0 Å². The van der Waals surface area contributed by atoms with Crippen LogP contribution in [0, 0.1) is 20.8 Å². The highest BCUT2D eigenvalue weighted by Gasteiger charge is 2.26. The van der Waals surface area contributed by atoms with Gasteiger partial charge in [0.2, 0.25) is 5.91 Å². The molecule has 0 unspecified atom stereocenters. The number of hydrogen-bond donors (Lipinski definition) is 1. The van der Waals surface area contributed by atoms with Gasteiger partial charge >= 0.3 is 0 Å². The molecule has 3 rings (SSSR count). The maximum atomic E-state index is 13.3. The zero-order valence-corrected chi connectivity index (χ0v) is 17.1. The van der Waals surface area contributed by atoms with E-state index in [1.807, 2.05) is 63.4 Å². The number of likely N-dealkylation sites (N-methyl/N-ethyl adjacent to an activating group) is 1. The van der Waals surface area contributed by atoms with Crippen LogP contribution in [0.3, 0.4) is 0 Å². The molecule has 27 heavy (non-hydrogen) atoms. The van der Waals surface area contributed by atoms with E-state index in [0.717, 1.165) is 28.9 Å². The lowest BCUT2D eigenvalue weighted by Crippen LogP contribution is -2.34. The summed E-state index contributed by atoms with van der Waals surface area (Å²) in [6.45, 7) is 6.91. The van der Waals surface area contributed by atoms with Gasteiger partial charge in [-0.1, -0.05) is 42.5 Å². The van der Waals surface area contributed by atoms with E-state index < -0.39 is 0 Å². The van der Waals surface area contributed by atoms with E-state index in [-0.39, 0.29) is 11.9 Å². The van der Waals surface area contributed by atoms with E-state index in [4.69, 9.17) is 0 Å². The highest BCUT2D eigenvalue weighted by atomic mass is 32.1. The van der Waals surface area contributed by atoms with Crippen molar-refractivity contribution in [2.24, 2.45) is 0 Å². The second-order valence-electron chi connectivity index (χ2n) is 7.06. The summed E-state index contributed by atoms with van der Waals surface area (Å²) >= 11 is 1.74. The number of thiophene rings is 1. The fourth-order valence-corrected chi connectivity index (χ4v) is 4.17. The highest BCUT2D eigenvalue weighted by Crippen LogP contribution is 2.27. The van der Waals surface area contributed by atoms with Gasteiger partial charge in [-0.2, -0.15) is 0 Å². The van der Waals surface area contributed by atoms with Crippen LogP contribution in [0.5, 0.6) is 0 Å². The Morgan fingerprint density at radius 2 is 1.78 bits per heavy atom. The number of nitrogens with zero attached hydrogens (tertiary/aromatic N) is 1. The molecule has 0 bridgehead atoms. The zero-order valence-electron chi connectivity index (χ0n) is 16.3. The predicted molar refractivity (Wildman–Crippen MR) is 114 cm³/mol. The van der Waals surface area contributed by atoms with E-state index in [2.05, 4.69) is 34.7 Å². The fourth-order valence-electron chi connectivity index (χ4n) is 3.20. The van der Waals surface area contributed by atoms with E-state index in [0.29, 0.717) is 0 Å². The van der Waals surface area contributed by atoms with Crippen molar-refractivity contribution in [1.82, 2.24) is 4.90 Å². The predicted octanol–water partition coefficient (Wildman–Crippen LogP) is 5.49.